The fourth-order valence-electron chi connectivity index (χ4n) is 1.80. The topological polar surface area (TPSA) is 63.4 Å². The maximum absolute atomic E-state index is 12.2. The quantitative estimate of drug-likeness (QED) is 0.878. The number of rotatable bonds is 4. The molecule has 0 saturated carbocycles. The van der Waals surface area contributed by atoms with E-state index in [1.807, 2.05) is 30.3 Å². The molecule has 21 heavy (non-hydrogen) atoms. The Morgan fingerprint density at radius 3 is 2.38 bits per heavy atom. The fraction of sp³-hybridized carbons (Fsp3) is 0.0667. The minimum Gasteiger partial charge on any atom is -0.366 e. The van der Waals surface area contributed by atoms with E-state index in [2.05, 4.69) is 0 Å². The van der Waals surface area contributed by atoms with Gasteiger partial charge in [-0.25, -0.2) is 4.42 Å². The number of benzene rings is 2. The van der Waals surface area contributed by atoms with E-state index >= 15 is 0 Å². The Kier molecular flexibility index (Phi) is 4.83. The molecule has 0 aliphatic carbocycles. The third-order valence-electron chi connectivity index (χ3n) is 2.86. The molecule has 0 aromatic heterocycles. The van der Waals surface area contributed by atoms with Gasteiger partial charge < -0.3 is 5.73 Å². The van der Waals surface area contributed by atoms with Gasteiger partial charge in [0, 0.05) is 17.3 Å². The summed E-state index contributed by atoms with van der Waals surface area (Å²) in [4.78, 5) is 23.5. The summed E-state index contributed by atoms with van der Waals surface area (Å²) in [6.07, 6.45) is 0. The van der Waals surface area contributed by atoms with Gasteiger partial charge in [-0.1, -0.05) is 41.9 Å². The molecule has 0 heterocycles. The number of amides is 2. The van der Waals surface area contributed by atoms with Crippen molar-refractivity contribution in [3.8, 4) is 0 Å². The van der Waals surface area contributed by atoms with E-state index in [4.69, 9.17) is 29.1 Å². The number of nitrogens with zero attached hydrogens (tertiary/aromatic N) is 1. The predicted molar refractivity (Wildman–Crippen MR) is 82.1 cm³/mol. The molecule has 6 heteroatoms. The first kappa shape index (κ1) is 15.4. The van der Waals surface area contributed by atoms with Gasteiger partial charge in [-0.3, -0.25) is 9.59 Å². The highest BCUT2D eigenvalue weighted by molar-refractivity contribution is 6.34. The molecule has 108 valence electrons. The maximum Gasteiger partial charge on any atom is 0.268 e. The van der Waals surface area contributed by atoms with Crippen molar-refractivity contribution in [1.82, 2.24) is 4.42 Å². The Morgan fingerprint density at radius 2 is 1.76 bits per heavy atom. The monoisotopic (exact) mass is 322 g/mol. The second-order valence-corrected chi connectivity index (χ2v) is 5.19. The van der Waals surface area contributed by atoms with Crippen LogP contribution in [-0.4, -0.2) is 16.2 Å². The van der Waals surface area contributed by atoms with Gasteiger partial charge in [0.2, 0.25) is 5.91 Å². The van der Waals surface area contributed by atoms with E-state index in [1.165, 1.54) is 18.2 Å². The molecule has 0 bridgehead atoms. The molecule has 0 fully saturated rings. The van der Waals surface area contributed by atoms with Crippen LogP contribution in [-0.2, 0) is 6.54 Å². The van der Waals surface area contributed by atoms with Gasteiger partial charge in [0.15, 0.2) is 0 Å². The van der Waals surface area contributed by atoms with Crippen LogP contribution >= 0.6 is 23.4 Å². The number of halogens is 2. The summed E-state index contributed by atoms with van der Waals surface area (Å²) in [5.41, 5.74) is 6.43. The number of carbonyl (C=O) groups is 2. The average Bonchev–Trinajstić information content (AvgIpc) is 2.47. The molecule has 0 spiro atoms. The second kappa shape index (κ2) is 6.61. The first-order valence-electron chi connectivity index (χ1n) is 6.10. The molecule has 2 aromatic carbocycles. The molecule has 0 saturated heterocycles. The summed E-state index contributed by atoms with van der Waals surface area (Å²) in [5, 5.41) is 0.197. The number of nitrogens with two attached hydrogens (primary N) is 1. The molecule has 0 aliphatic rings. The lowest BCUT2D eigenvalue weighted by atomic mass is 10.1. The summed E-state index contributed by atoms with van der Waals surface area (Å²) in [7, 11) is 0. The van der Waals surface area contributed by atoms with Crippen LogP contribution in [0, 0.1) is 0 Å². The van der Waals surface area contributed by atoms with Gasteiger partial charge in [0.1, 0.15) is 0 Å². The molecular formula is C15H12Cl2N2O2. The summed E-state index contributed by atoms with van der Waals surface area (Å²) in [6.45, 7) is 0.246. The third kappa shape index (κ3) is 3.74. The number of hydrogen-bond donors (Lipinski definition) is 1. The van der Waals surface area contributed by atoms with Crippen molar-refractivity contribution in [3.63, 3.8) is 0 Å². The van der Waals surface area contributed by atoms with Crippen LogP contribution in [0.1, 0.15) is 26.3 Å². The van der Waals surface area contributed by atoms with Crippen LogP contribution in [0.3, 0.4) is 0 Å². The van der Waals surface area contributed by atoms with E-state index in [0.29, 0.717) is 0 Å². The highest BCUT2D eigenvalue weighted by Gasteiger charge is 2.17. The van der Waals surface area contributed by atoms with E-state index in [0.717, 1.165) is 9.98 Å². The molecule has 2 aromatic rings. The number of hydrogen-bond acceptors (Lipinski definition) is 2. The standard InChI is InChI=1S/C15H12Cl2N2O2/c16-13-7-6-11(8-12(13)14(18)20)15(21)19(17)9-10-4-2-1-3-5-10/h1-8H,9H2,(H2,18,20). The van der Waals surface area contributed by atoms with Crippen molar-refractivity contribution < 1.29 is 9.59 Å². The first-order valence-corrected chi connectivity index (χ1v) is 6.81. The van der Waals surface area contributed by atoms with E-state index in [9.17, 15) is 9.59 Å². The van der Waals surface area contributed by atoms with Gasteiger partial charge in [-0.05, 0) is 23.8 Å². The van der Waals surface area contributed by atoms with Crippen LogP contribution in [0.5, 0.6) is 0 Å². The molecule has 2 rings (SSSR count). The van der Waals surface area contributed by atoms with Crippen molar-refractivity contribution in [3.05, 3.63) is 70.2 Å². The molecule has 4 nitrogen and oxygen atoms in total. The van der Waals surface area contributed by atoms with Crippen molar-refractivity contribution >= 4 is 35.2 Å². The number of carbonyl (C=O) groups excluding carboxylic acids is 2. The van der Waals surface area contributed by atoms with Gasteiger partial charge in [-0.15, -0.1) is 0 Å². The van der Waals surface area contributed by atoms with Crippen LogP contribution < -0.4 is 5.73 Å². The summed E-state index contributed by atoms with van der Waals surface area (Å²) < 4.78 is 1.04. The minimum absolute atomic E-state index is 0.0901. The molecule has 2 N–H and O–H groups in total. The van der Waals surface area contributed by atoms with Crippen LogP contribution in [0.15, 0.2) is 48.5 Å². The zero-order valence-electron chi connectivity index (χ0n) is 10.9. The van der Waals surface area contributed by atoms with Crippen molar-refractivity contribution in [2.24, 2.45) is 5.73 Å². The normalized spacial score (nSPS) is 10.2. The Balaban J connectivity index is 2.20. The molecule has 0 aliphatic heterocycles. The largest absolute Gasteiger partial charge is 0.366 e. The SMILES string of the molecule is NC(=O)c1cc(C(=O)N(Cl)Cc2ccccc2)ccc1Cl. The van der Waals surface area contributed by atoms with Gasteiger partial charge in [0.25, 0.3) is 5.91 Å². The zero-order chi connectivity index (χ0) is 15.4. The lowest BCUT2D eigenvalue weighted by Gasteiger charge is -2.14. The third-order valence-corrected chi connectivity index (χ3v) is 3.47. The first-order chi connectivity index (χ1) is 9.99. The van der Waals surface area contributed by atoms with Crippen molar-refractivity contribution in [1.29, 1.82) is 0 Å². The molecule has 0 unspecified atom stereocenters. The smallest absolute Gasteiger partial charge is 0.268 e. The Hall–Kier alpha value is -2.04. The van der Waals surface area contributed by atoms with Crippen molar-refractivity contribution in [2.45, 2.75) is 6.54 Å². The molecule has 0 atom stereocenters. The molecule has 0 radical (unpaired) electrons. The highest BCUT2D eigenvalue weighted by atomic mass is 35.5. The Bertz CT molecular complexity index is 675. The second-order valence-electron chi connectivity index (χ2n) is 4.37. The summed E-state index contributed by atoms with van der Waals surface area (Å²) in [5.74, 6) is -1.13. The van der Waals surface area contributed by atoms with Gasteiger partial charge in [-0.2, -0.15) is 0 Å². The minimum atomic E-state index is -0.696. The Morgan fingerprint density at radius 1 is 1.10 bits per heavy atom. The van der Waals surface area contributed by atoms with Crippen LogP contribution in [0.25, 0.3) is 0 Å². The fourth-order valence-corrected chi connectivity index (χ4v) is 2.25. The maximum atomic E-state index is 12.2. The Labute approximate surface area is 132 Å². The lowest BCUT2D eigenvalue weighted by Crippen LogP contribution is -2.22. The zero-order valence-corrected chi connectivity index (χ0v) is 12.4. The molecular weight excluding hydrogens is 311 g/mol. The lowest BCUT2D eigenvalue weighted by molar-refractivity contribution is 0.0857. The number of primary amides is 1. The summed E-state index contributed by atoms with van der Waals surface area (Å²) >= 11 is 11.9. The highest BCUT2D eigenvalue weighted by Crippen LogP contribution is 2.19. The van der Waals surface area contributed by atoms with Crippen LogP contribution in [0.4, 0.5) is 0 Å². The average molecular weight is 323 g/mol. The summed E-state index contributed by atoms with van der Waals surface area (Å²) in [6, 6.07) is 13.6. The molecule has 2 amide bonds. The van der Waals surface area contributed by atoms with Gasteiger partial charge in [0.05, 0.1) is 17.1 Å². The predicted octanol–water partition coefficient (Wildman–Crippen LogP) is 3.24. The van der Waals surface area contributed by atoms with Crippen molar-refractivity contribution in [2.75, 3.05) is 0 Å². The van der Waals surface area contributed by atoms with E-state index in [-0.39, 0.29) is 22.7 Å². The van der Waals surface area contributed by atoms with Crippen LogP contribution in [0.2, 0.25) is 5.02 Å². The van der Waals surface area contributed by atoms with E-state index in [1.54, 1.807) is 0 Å². The van der Waals surface area contributed by atoms with Gasteiger partial charge >= 0.3 is 0 Å². The van der Waals surface area contributed by atoms with E-state index < -0.39 is 11.8 Å².